The summed E-state index contributed by atoms with van der Waals surface area (Å²) in [5, 5.41) is 3.43. The highest BCUT2D eigenvalue weighted by Gasteiger charge is 2.13. The van der Waals surface area contributed by atoms with Gasteiger partial charge in [-0.3, -0.25) is 0 Å². The van der Waals surface area contributed by atoms with Crippen molar-refractivity contribution in [1.29, 1.82) is 0 Å². The Morgan fingerprint density at radius 1 is 1.00 bits per heavy atom. The van der Waals surface area contributed by atoms with Crippen LogP contribution in [0.3, 0.4) is 0 Å². The van der Waals surface area contributed by atoms with Gasteiger partial charge >= 0.3 is 0 Å². The lowest BCUT2D eigenvalue weighted by molar-refractivity contribution is 0.174. The first-order valence-corrected chi connectivity index (χ1v) is 6.57. The van der Waals surface area contributed by atoms with Gasteiger partial charge in [0.05, 0.1) is 0 Å². The first kappa shape index (κ1) is 11.9. The molecule has 1 heterocycles. The van der Waals surface area contributed by atoms with Gasteiger partial charge in [0.25, 0.3) is 0 Å². The molecule has 3 heteroatoms. The second-order valence-electron chi connectivity index (χ2n) is 4.54. The molecule has 3 rings (SSSR count). The third kappa shape index (κ3) is 2.50. The number of aryl methyl sites for hydroxylation is 1. The van der Waals surface area contributed by atoms with Gasteiger partial charge in [-0.2, -0.15) is 0 Å². The highest BCUT2D eigenvalue weighted by atomic mass is 16.7. The largest absolute Gasteiger partial charge is 0.454 e. The SMILES string of the molecule is CCc1ccccc1CNc1ccc2c(c1)OCO2. The summed E-state index contributed by atoms with van der Waals surface area (Å²) >= 11 is 0. The van der Waals surface area contributed by atoms with Crippen LogP contribution in [0.5, 0.6) is 11.5 Å². The van der Waals surface area contributed by atoms with Crippen LogP contribution in [0, 0.1) is 0 Å². The van der Waals surface area contributed by atoms with E-state index in [2.05, 4.69) is 36.5 Å². The molecule has 2 aromatic rings. The molecule has 0 saturated carbocycles. The molecule has 0 unspecified atom stereocenters. The zero-order valence-electron chi connectivity index (χ0n) is 11.0. The van der Waals surface area contributed by atoms with E-state index in [-0.39, 0.29) is 0 Å². The number of fused-ring (bicyclic) bond motifs is 1. The van der Waals surface area contributed by atoms with Crippen LogP contribution < -0.4 is 14.8 Å². The monoisotopic (exact) mass is 255 g/mol. The second-order valence-corrected chi connectivity index (χ2v) is 4.54. The molecule has 0 bridgehead atoms. The van der Waals surface area contributed by atoms with E-state index in [9.17, 15) is 0 Å². The van der Waals surface area contributed by atoms with Crippen LogP contribution in [0.2, 0.25) is 0 Å². The molecule has 0 aromatic heterocycles. The van der Waals surface area contributed by atoms with Gasteiger partial charge in [0.15, 0.2) is 11.5 Å². The van der Waals surface area contributed by atoms with Crippen LogP contribution in [-0.2, 0) is 13.0 Å². The maximum Gasteiger partial charge on any atom is 0.231 e. The lowest BCUT2D eigenvalue weighted by Gasteiger charge is -2.10. The van der Waals surface area contributed by atoms with Gasteiger partial charge in [0.2, 0.25) is 6.79 Å². The highest BCUT2D eigenvalue weighted by molar-refractivity contribution is 5.55. The molecule has 0 amide bonds. The molecule has 0 atom stereocenters. The fraction of sp³-hybridized carbons (Fsp3) is 0.250. The van der Waals surface area contributed by atoms with Crippen LogP contribution in [0.4, 0.5) is 5.69 Å². The van der Waals surface area contributed by atoms with Crippen molar-refractivity contribution in [1.82, 2.24) is 0 Å². The van der Waals surface area contributed by atoms with E-state index in [1.165, 1.54) is 11.1 Å². The summed E-state index contributed by atoms with van der Waals surface area (Å²) < 4.78 is 10.7. The van der Waals surface area contributed by atoms with E-state index in [1.807, 2.05) is 18.2 Å². The molecule has 0 aliphatic carbocycles. The minimum atomic E-state index is 0.317. The Bertz CT molecular complexity index is 581. The van der Waals surface area contributed by atoms with Crippen LogP contribution in [0.1, 0.15) is 18.1 Å². The fourth-order valence-corrected chi connectivity index (χ4v) is 2.28. The van der Waals surface area contributed by atoms with Crippen LogP contribution in [0.15, 0.2) is 42.5 Å². The summed E-state index contributed by atoms with van der Waals surface area (Å²) in [6, 6.07) is 14.4. The van der Waals surface area contributed by atoms with Crippen molar-refractivity contribution < 1.29 is 9.47 Å². The zero-order valence-corrected chi connectivity index (χ0v) is 11.0. The maximum atomic E-state index is 5.37. The van der Waals surface area contributed by atoms with Crippen molar-refractivity contribution >= 4 is 5.69 Å². The molecule has 0 spiro atoms. The Labute approximate surface area is 113 Å². The predicted octanol–water partition coefficient (Wildman–Crippen LogP) is 3.59. The summed E-state index contributed by atoms with van der Waals surface area (Å²) in [4.78, 5) is 0. The van der Waals surface area contributed by atoms with E-state index in [4.69, 9.17) is 9.47 Å². The minimum absolute atomic E-state index is 0.317. The van der Waals surface area contributed by atoms with Crippen LogP contribution in [-0.4, -0.2) is 6.79 Å². The Balaban J connectivity index is 1.72. The molecular weight excluding hydrogens is 238 g/mol. The van der Waals surface area contributed by atoms with Gasteiger partial charge in [-0.15, -0.1) is 0 Å². The topological polar surface area (TPSA) is 30.5 Å². The molecule has 19 heavy (non-hydrogen) atoms. The van der Waals surface area contributed by atoms with Gasteiger partial charge in [-0.1, -0.05) is 31.2 Å². The van der Waals surface area contributed by atoms with Gasteiger partial charge in [-0.05, 0) is 29.7 Å². The van der Waals surface area contributed by atoms with Crippen molar-refractivity contribution in [3.05, 3.63) is 53.6 Å². The first-order chi connectivity index (χ1) is 9.36. The van der Waals surface area contributed by atoms with Crippen molar-refractivity contribution in [2.45, 2.75) is 19.9 Å². The Morgan fingerprint density at radius 3 is 2.63 bits per heavy atom. The van der Waals surface area contributed by atoms with Crippen LogP contribution >= 0.6 is 0 Å². The summed E-state index contributed by atoms with van der Waals surface area (Å²) in [5.74, 6) is 1.63. The smallest absolute Gasteiger partial charge is 0.231 e. The highest BCUT2D eigenvalue weighted by Crippen LogP contribution is 2.34. The van der Waals surface area contributed by atoms with Gasteiger partial charge in [0.1, 0.15) is 0 Å². The predicted molar refractivity (Wildman–Crippen MR) is 75.7 cm³/mol. The first-order valence-electron chi connectivity index (χ1n) is 6.57. The molecular formula is C16H17NO2. The number of nitrogens with one attached hydrogen (secondary N) is 1. The second kappa shape index (κ2) is 5.22. The summed E-state index contributed by atoms with van der Waals surface area (Å²) in [7, 11) is 0. The van der Waals surface area contributed by atoms with Gasteiger partial charge in [-0.25, -0.2) is 0 Å². The summed E-state index contributed by atoms with van der Waals surface area (Å²) in [6.45, 7) is 3.32. The number of hydrogen-bond acceptors (Lipinski definition) is 3. The average molecular weight is 255 g/mol. The Morgan fingerprint density at radius 2 is 1.79 bits per heavy atom. The van der Waals surface area contributed by atoms with Crippen LogP contribution in [0.25, 0.3) is 0 Å². The number of anilines is 1. The maximum absolute atomic E-state index is 5.37. The third-order valence-corrected chi connectivity index (χ3v) is 3.35. The van der Waals surface area contributed by atoms with Crippen molar-refractivity contribution in [3.8, 4) is 11.5 Å². The minimum Gasteiger partial charge on any atom is -0.454 e. The Hall–Kier alpha value is -2.16. The van der Waals surface area contributed by atoms with E-state index in [0.717, 1.165) is 30.2 Å². The summed E-state index contributed by atoms with van der Waals surface area (Å²) in [6.07, 6.45) is 1.05. The molecule has 0 fully saturated rings. The molecule has 1 aliphatic heterocycles. The average Bonchev–Trinajstić information content (AvgIpc) is 2.93. The molecule has 1 aliphatic rings. The van der Waals surface area contributed by atoms with Crippen molar-refractivity contribution in [2.75, 3.05) is 12.1 Å². The van der Waals surface area contributed by atoms with Crippen molar-refractivity contribution in [3.63, 3.8) is 0 Å². The van der Waals surface area contributed by atoms with E-state index < -0.39 is 0 Å². The number of rotatable bonds is 4. The lowest BCUT2D eigenvalue weighted by atomic mass is 10.1. The zero-order chi connectivity index (χ0) is 13.1. The normalized spacial score (nSPS) is 12.5. The molecule has 0 saturated heterocycles. The lowest BCUT2D eigenvalue weighted by Crippen LogP contribution is -2.02. The molecule has 2 aromatic carbocycles. The third-order valence-electron chi connectivity index (χ3n) is 3.35. The summed E-state index contributed by atoms with van der Waals surface area (Å²) in [5.41, 5.74) is 3.77. The van der Waals surface area contributed by atoms with Crippen molar-refractivity contribution in [2.24, 2.45) is 0 Å². The fourth-order valence-electron chi connectivity index (χ4n) is 2.28. The molecule has 1 N–H and O–H groups in total. The van der Waals surface area contributed by atoms with Gasteiger partial charge < -0.3 is 14.8 Å². The number of benzene rings is 2. The molecule has 3 nitrogen and oxygen atoms in total. The number of ether oxygens (including phenoxy) is 2. The Kier molecular flexibility index (Phi) is 3.27. The number of hydrogen-bond donors (Lipinski definition) is 1. The quantitative estimate of drug-likeness (QED) is 0.905. The van der Waals surface area contributed by atoms with E-state index in [1.54, 1.807) is 0 Å². The van der Waals surface area contributed by atoms with E-state index in [0.29, 0.717) is 6.79 Å². The molecule has 98 valence electrons. The van der Waals surface area contributed by atoms with Gasteiger partial charge in [0, 0.05) is 18.3 Å². The van der Waals surface area contributed by atoms with E-state index >= 15 is 0 Å². The standard InChI is InChI=1S/C16H17NO2/c1-2-12-5-3-4-6-13(12)10-17-14-7-8-15-16(9-14)19-11-18-15/h3-9,17H,2,10-11H2,1H3. The molecule has 0 radical (unpaired) electrons.